The summed E-state index contributed by atoms with van der Waals surface area (Å²) in [6, 6.07) is 21.8. The van der Waals surface area contributed by atoms with Crippen LogP contribution < -0.4 is 15.0 Å². The summed E-state index contributed by atoms with van der Waals surface area (Å²) in [5, 5.41) is 23.8. The highest BCUT2D eigenvalue weighted by atomic mass is 16.5. The molecule has 208 valence electrons. The number of aromatic hydroxyl groups is 2. The number of hydrogen-bond donors (Lipinski definition) is 3. The number of anilines is 2. The summed E-state index contributed by atoms with van der Waals surface area (Å²) in [6.45, 7) is 8.15. The summed E-state index contributed by atoms with van der Waals surface area (Å²) in [6.07, 6.45) is 7.25. The summed E-state index contributed by atoms with van der Waals surface area (Å²) in [4.78, 5) is 4.85. The van der Waals surface area contributed by atoms with Crippen molar-refractivity contribution in [3.8, 4) is 17.2 Å². The predicted octanol–water partition coefficient (Wildman–Crippen LogP) is 6.39. The van der Waals surface area contributed by atoms with Crippen molar-refractivity contribution in [3.63, 3.8) is 0 Å². The maximum atomic E-state index is 10.2. The Morgan fingerprint density at radius 3 is 2.44 bits per heavy atom. The zero-order valence-electron chi connectivity index (χ0n) is 23.2. The number of phenols is 2. The number of nitrogens with zero attached hydrogens (tertiary/aromatic N) is 2. The topological polar surface area (TPSA) is 68.2 Å². The second kappa shape index (κ2) is 13.1. The second-order valence-electron chi connectivity index (χ2n) is 11.2. The van der Waals surface area contributed by atoms with Crippen LogP contribution in [0.2, 0.25) is 0 Å². The second-order valence-corrected chi connectivity index (χ2v) is 11.2. The third-order valence-electron chi connectivity index (χ3n) is 8.10. The van der Waals surface area contributed by atoms with E-state index < -0.39 is 0 Å². The Balaban J connectivity index is 1.14. The van der Waals surface area contributed by atoms with E-state index in [4.69, 9.17) is 4.74 Å². The molecule has 2 unspecified atom stereocenters. The van der Waals surface area contributed by atoms with Gasteiger partial charge < -0.3 is 25.2 Å². The zero-order chi connectivity index (χ0) is 27.0. The van der Waals surface area contributed by atoms with Gasteiger partial charge in [-0.05, 0) is 87.2 Å². The minimum Gasteiger partial charge on any atom is -0.508 e. The van der Waals surface area contributed by atoms with Gasteiger partial charge in [0.05, 0.1) is 0 Å². The van der Waals surface area contributed by atoms with Gasteiger partial charge in [0.25, 0.3) is 0 Å². The molecule has 0 radical (unpaired) electrons. The Hall–Kier alpha value is -3.38. The predicted molar refractivity (Wildman–Crippen MR) is 159 cm³/mol. The molecule has 0 saturated carbocycles. The molecule has 0 amide bonds. The SMILES string of the molecule is CC(Cc1ccc(OCCN2CCCCCC2)cc1)Nc1cc(O)ccc1C1CCN(c2cccc(O)c2)C1. The number of phenolic OH excluding ortho intramolecular Hbond substituents is 2. The van der Waals surface area contributed by atoms with Crippen LogP contribution in [-0.4, -0.2) is 60.5 Å². The van der Waals surface area contributed by atoms with E-state index in [9.17, 15) is 10.2 Å². The first-order valence-corrected chi connectivity index (χ1v) is 14.6. The molecule has 0 aromatic heterocycles. The van der Waals surface area contributed by atoms with Crippen LogP contribution in [0.5, 0.6) is 17.2 Å². The van der Waals surface area contributed by atoms with Gasteiger partial charge in [-0.1, -0.05) is 37.1 Å². The third-order valence-corrected chi connectivity index (χ3v) is 8.10. The standard InChI is InChI=1S/C33H43N3O3/c1-25(21-26-9-12-31(13-10-26)39-20-19-35-16-4-2-3-5-17-35)34-33-23-30(38)11-14-32(33)27-15-18-36(24-27)28-7-6-8-29(37)22-28/h6-14,22-23,25,27,34,37-38H,2-5,15-21,24H2,1H3. The fraction of sp³-hybridized carbons (Fsp3) is 0.455. The molecule has 2 saturated heterocycles. The average molecular weight is 530 g/mol. The van der Waals surface area contributed by atoms with Gasteiger partial charge in [-0.3, -0.25) is 4.90 Å². The summed E-state index contributed by atoms with van der Waals surface area (Å²) in [5.41, 5.74) is 4.54. The number of benzene rings is 3. The number of nitrogens with one attached hydrogen (secondary N) is 1. The molecule has 5 rings (SSSR count). The quantitative estimate of drug-likeness (QED) is 0.283. The van der Waals surface area contributed by atoms with Crippen LogP contribution in [0.3, 0.4) is 0 Å². The molecule has 6 heteroatoms. The number of likely N-dealkylation sites (tertiary alicyclic amines) is 1. The van der Waals surface area contributed by atoms with Gasteiger partial charge in [-0.25, -0.2) is 0 Å². The van der Waals surface area contributed by atoms with Crippen molar-refractivity contribution in [3.05, 3.63) is 77.9 Å². The van der Waals surface area contributed by atoms with E-state index >= 15 is 0 Å². The van der Waals surface area contributed by atoms with E-state index in [1.165, 1.54) is 49.9 Å². The Labute approximate surface area is 233 Å². The van der Waals surface area contributed by atoms with Crippen LogP contribution in [0.4, 0.5) is 11.4 Å². The molecule has 2 aliphatic heterocycles. The van der Waals surface area contributed by atoms with Crippen molar-refractivity contribution in [2.75, 3.05) is 49.5 Å². The van der Waals surface area contributed by atoms with Crippen LogP contribution in [0.15, 0.2) is 66.7 Å². The summed E-state index contributed by atoms with van der Waals surface area (Å²) in [5.74, 6) is 1.86. The number of hydrogen-bond acceptors (Lipinski definition) is 6. The zero-order valence-corrected chi connectivity index (χ0v) is 23.2. The molecule has 0 spiro atoms. The first kappa shape index (κ1) is 27.2. The van der Waals surface area contributed by atoms with E-state index in [-0.39, 0.29) is 11.8 Å². The molecule has 0 aliphatic carbocycles. The molecular weight excluding hydrogens is 486 g/mol. The molecule has 2 aliphatic rings. The van der Waals surface area contributed by atoms with Crippen molar-refractivity contribution in [2.45, 2.75) is 57.4 Å². The first-order valence-electron chi connectivity index (χ1n) is 14.6. The molecule has 2 atom stereocenters. The average Bonchev–Trinajstić information content (AvgIpc) is 3.27. The van der Waals surface area contributed by atoms with Crippen molar-refractivity contribution in [2.24, 2.45) is 0 Å². The van der Waals surface area contributed by atoms with Gasteiger partial charge in [-0.2, -0.15) is 0 Å². The van der Waals surface area contributed by atoms with E-state index in [1.54, 1.807) is 12.1 Å². The van der Waals surface area contributed by atoms with Crippen LogP contribution in [0, 0.1) is 0 Å². The summed E-state index contributed by atoms with van der Waals surface area (Å²) in [7, 11) is 0. The van der Waals surface area contributed by atoms with Gasteiger partial charge in [-0.15, -0.1) is 0 Å². The smallest absolute Gasteiger partial charge is 0.119 e. The Bertz CT molecular complexity index is 1190. The summed E-state index contributed by atoms with van der Waals surface area (Å²) >= 11 is 0. The highest BCUT2D eigenvalue weighted by Gasteiger charge is 2.26. The normalized spacial score (nSPS) is 19.0. The van der Waals surface area contributed by atoms with Crippen molar-refractivity contribution < 1.29 is 14.9 Å². The summed E-state index contributed by atoms with van der Waals surface area (Å²) < 4.78 is 6.04. The fourth-order valence-corrected chi connectivity index (χ4v) is 6.01. The largest absolute Gasteiger partial charge is 0.508 e. The Kier molecular flexibility index (Phi) is 9.15. The van der Waals surface area contributed by atoms with E-state index in [1.807, 2.05) is 24.3 Å². The van der Waals surface area contributed by atoms with Gasteiger partial charge in [0.1, 0.15) is 23.9 Å². The molecule has 2 fully saturated rings. The van der Waals surface area contributed by atoms with Gasteiger partial charge in [0.2, 0.25) is 0 Å². The van der Waals surface area contributed by atoms with Crippen LogP contribution in [0.25, 0.3) is 0 Å². The minimum absolute atomic E-state index is 0.198. The van der Waals surface area contributed by atoms with E-state index in [2.05, 4.69) is 52.4 Å². The lowest BCUT2D eigenvalue weighted by Crippen LogP contribution is -2.29. The number of rotatable bonds is 10. The van der Waals surface area contributed by atoms with Crippen LogP contribution >= 0.6 is 0 Å². The minimum atomic E-state index is 0.198. The Morgan fingerprint density at radius 2 is 1.67 bits per heavy atom. The van der Waals surface area contributed by atoms with Gasteiger partial charge >= 0.3 is 0 Å². The highest BCUT2D eigenvalue weighted by molar-refractivity contribution is 5.59. The van der Waals surface area contributed by atoms with Crippen LogP contribution in [0.1, 0.15) is 56.1 Å². The lowest BCUT2D eigenvalue weighted by molar-refractivity contribution is 0.214. The maximum absolute atomic E-state index is 10.2. The van der Waals surface area contributed by atoms with Gasteiger partial charge in [0.15, 0.2) is 0 Å². The Morgan fingerprint density at radius 1 is 0.897 bits per heavy atom. The lowest BCUT2D eigenvalue weighted by atomic mass is 9.95. The lowest BCUT2D eigenvalue weighted by Gasteiger charge is -2.23. The van der Waals surface area contributed by atoms with E-state index in [0.717, 1.165) is 56.2 Å². The molecule has 3 aromatic rings. The molecule has 3 aromatic carbocycles. The van der Waals surface area contributed by atoms with Crippen molar-refractivity contribution in [1.29, 1.82) is 0 Å². The van der Waals surface area contributed by atoms with E-state index in [0.29, 0.717) is 11.7 Å². The number of ether oxygens (including phenoxy) is 1. The monoisotopic (exact) mass is 529 g/mol. The van der Waals surface area contributed by atoms with Crippen molar-refractivity contribution >= 4 is 11.4 Å². The molecular formula is C33H43N3O3. The van der Waals surface area contributed by atoms with Gasteiger partial charge in [0, 0.05) is 55.1 Å². The highest BCUT2D eigenvalue weighted by Crippen LogP contribution is 2.37. The molecule has 2 heterocycles. The van der Waals surface area contributed by atoms with Crippen LogP contribution in [-0.2, 0) is 6.42 Å². The van der Waals surface area contributed by atoms with Crippen molar-refractivity contribution in [1.82, 2.24) is 4.90 Å². The molecule has 6 nitrogen and oxygen atoms in total. The molecule has 0 bridgehead atoms. The maximum Gasteiger partial charge on any atom is 0.119 e. The first-order chi connectivity index (χ1) is 19.0. The fourth-order valence-electron chi connectivity index (χ4n) is 6.01. The molecule has 3 N–H and O–H groups in total. The molecule has 39 heavy (non-hydrogen) atoms. The third kappa shape index (κ3) is 7.60.